The lowest BCUT2D eigenvalue weighted by molar-refractivity contribution is 0.0997. The van der Waals surface area contributed by atoms with E-state index in [1.165, 1.54) is 34.9 Å². The molecule has 1 aliphatic heterocycles. The highest BCUT2D eigenvalue weighted by Gasteiger charge is 2.32. The Bertz CT molecular complexity index is 1360. The molecule has 1 aromatic heterocycles. The Morgan fingerprint density at radius 1 is 1.15 bits per heavy atom. The van der Waals surface area contributed by atoms with Crippen LogP contribution in [0, 0.1) is 11.6 Å². The third-order valence-electron chi connectivity index (χ3n) is 5.96. The number of sulfonamides is 1. The molecule has 0 aliphatic carbocycles. The van der Waals surface area contributed by atoms with Gasteiger partial charge in [0.1, 0.15) is 5.82 Å². The van der Waals surface area contributed by atoms with E-state index in [4.69, 9.17) is 0 Å². The highest BCUT2D eigenvalue weighted by atomic mass is 32.2. The molecule has 4 rings (SSSR count). The number of piperidine rings is 1. The number of benzene rings is 2. The van der Waals surface area contributed by atoms with Gasteiger partial charge in [0.05, 0.1) is 15.1 Å². The Morgan fingerprint density at radius 2 is 1.88 bits per heavy atom. The number of halogens is 2. The minimum atomic E-state index is -3.65. The van der Waals surface area contributed by atoms with Crippen LogP contribution >= 0.6 is 11.3 Å². The maximum Gasteiger partial charge on any atom is 0.279 e. The summed E-state index contributed by atoms with van der Waals surface area (Å²) in [5.41, 5.74) is 0.412. The monoisotopic (exact) mass is 493 g/mol. The van der Waals surface area contributed by atoms with Crippen LogP contribution in [0.4, 0.5) is 8.78 Å². The molecule has 0 radical (unpaired) electrons. The normalized spacial score (nSPS) is 18.2. The maximum absolute atomic E-state index is 14.3. The fraction of sp³-hybridized carbons (Fsp3) is 0.391. The van der Waals surface area contributed by atoms with Gasteiger partial charge in [-0.25, -0.2) is 17.2 Å². The number of rotatable bonds is 5. The van der Waals surface area contributed by atoms with Gasteiger partial charge in [0.15, 0.2) is 10.6 Å². The van der Waals surface area contributed by atoms with E-state index in [0.29, 0.717) is 17.8 Å². The van der Waals surface area contributed by atoms with Crippen molar-refractivity contribution < 1.29 is 22.0 Å². The van der Waals surface area contributed by atoms with E-state index in [2.05, 4.69) is 4.99 Å². The Morgan fingerprint density at radius 3 is 2.55 bits per heavy atom. The topological polar surface area (TPSA) is 71.7 Å². The number of amides is 1. The summed E-state index contributed by atoms with van der Waals surface area (Å²) in [6, 6.07) is 7.73. The van der Waals surface area contributed by atoms with Gasteiger partial charge in [0, 0.05) is 30.8 Å². The van der Waals surface area contributed by atoms with Gasteiger partial charge in [-0.15, -0.1) is 0 Å². The Kier molecular flexibility index (Phi) is 6.78. The number of fused-ring (bicyclic) bond motifs is 1. The summed E-state index contributed by atoms with van der Waals surface area (Å²) in [4.78, 5) is 17.3. The number of carbonyl (C=O) groups is 1. The summed E-state index contributed by atoms with van der Waals surface area (Å²) in [6.45, 7) is 4.61. The second kappa shape index (κ2) is 9.44. The Labute approximate surface area is 195 Å². The lowest BCUT2D eigenvalue weighted by atomic mass is 10.0. The van der Waals surface area contributed by atoms with Gasteiger partial charge in [0.2, 0.25) is 10.0 Å². The van der Waals surface area contributed by atoms with E-state index in [1.54, 1.807) is 11.2 Å². The highest BCUT2D eigenvalue weighted by Crippen LogP contribution is 2.27. The van der Waals surface area contributed by atoms with Crippen molar-refractivity contribution in [1.29, 1.82) is 0 Å². The molecule has 1 atom stereocenters. The van der Waals surface area contributed by atoms with E-state index < -0.39 is 27.6 Å². The lowest BCUT2D eigenvalue weighted by Crippen LogP contribution is -2.43. The minimum absolute atomic E-state index is 0.0114. The molecule has 0 saturated carbocycles. The first-order valence-corrected chi connectivity index (χ1v) is 13.2. The fourth-order valence-electron chi connectivity index (χ4n) is 4.26. The van der Waals surface area contributed by atoms with Crippen LogP contribution in [0.3, 0.4) is 0 Å². The average molecular weight is 494 g/mol. The number of carbonyl (C=O) groups excluding carboxylic acids is 1. The smallest absolute Gasteiger partial charge is 0.279 e. The van der Waals surface area contributed by atoms with Crippen molar-refractivity contribution in [2.45, 2.75) is 57.0 Å². The van der Waals surface area contributed by atoms with Crippen LogP contribution in [0.1, 0.15) is 49.9 Å². The van der Waals surface area contributed by atoms with E-state index in [9.17, 15) is 22.0 Å². The second-order valence-corrected chi connectivity index (χ2v) is 10.9. The number of aromatic nitrogens is 1. The first-order chi connectivity index (χ1) is 15.8. The van der Waals surface area contributed by atoms with Crippen molar-refractivity contribution in [3.8, 4) is 0 Å². The molecule has 0 bridgehead atoms. The van der Waals surface area contributed by atoms with Gasteiger partial charge < -0.3 is 4.57 Å². The standard InChI is InChI=1S/C23H25F2N3O3S2/c1-3-17-7-5-6-12-28(17)33(30,31)18-10-8-15(9-11-18)22(29)26-23-27(4-2)21-19(25)13-16(24)14-20(21)32-23/h8-11,13-14,17H,3-7,12H2,1-2H3. The summed E-state index contributed by atoms with van der Waals surface area (Å²) >= 11 is 1.02. The highest BCUT2D eigenvalue weighted by molar-refractivity contribution is 7.89. The number of hydrogen-bond donors (Lipinski definition) is 0. The van der Waals surface area contributed by atoms with Crippen molar-refractivity contribution in [2.24, 2.45) is 4.99 Å². The van der Waals surface area contributed by atoms with Crippen LogP contribution in [0.5, 0.6) is 0 Å². The fourth-order valence-corrected chi connectivity index (χ4v) is 7.16. The molecule has 2 heterocycles. The summed E-state index contributed by atoms with van der Waals surface area (Å²) in [7, 11) is -3.65. The second-order valence-electron chi connectivity index (χ2n) is 7.98. The van der Waals surface area contributed by atoms with Crippen molar-refractivity contribution in [2.75, 3.05) is 6.54 Å². The van der Waals surface area contributed by atoms with Gasteiger partial charge in [-0.1, -0.05) is 24.7 Å². The predicted octanol–water partition coefficient (Wildman–Crippen LogP) is 4.70. The first kappa shape index (κ1) is 23.7. The maximum atomic E-state index is 14.3. The molecule has 0 N–H and O–H groups in total. The molecule has 6 nitrogen and oxygen atoms in total. The van der Waals surface area contributed by atoms with Crippen LogP contribution < -0.4 is 4.80 Å². The zero-order valence-electron chi connectivity index (χ0n) is 18.4. The van der Waals surface area contributed by atoms with Gasteiger partial charge >= 0.3 is 0 Å². The van der Waals surface area contributed by atoms with Crippen LogP contribution in [-0.4, -0.2) is 35.8 Å². The molecule has 1 saturated heterocycles. The van der Waals surface area contributed by atoms with Crippen molar-refractivity contribution >= 4 is 37.5 Å². The van der Waals surface area contributed by atoms with Gasteiger partial charge in [0.25, 0.3) is 5.91 Å². The van der Waals surface area contributed by atoms with Crippen molar-refractivity contribution in [3.05, 3.63) is 58.4 Å². The van der Waals surface area contributed by atoms with Crippen LogP contribution in [0.2, 0.25) is 0 Å². The van der Waals surface area contributed by atoms with E-state index >= 15 is 0 Å². The summed E-state index contributed by atoms with van der Waals surface area (Å²) < 4.78 is 57.6. The van der Waals surface area contributed by atoms with Crippen molar-refractivity contribution in [1.82, 2.24) is 8.87 Å². The van der Waals surface area contributed by atoms with Gasteiger partial charge in [-0.3, -0.25) is 4.79 Å². The number of aryl methyl sites for hydroxylation is 1. The molecule has 1 unspecified atom stereocenters. The zero-order valence-corrected chi connectivity index (χ0v) is 20.1. The summed E-state index contributed by atoms with van der Waals surface area (Å²) in [5, 5.41) is 0. The summed E-state index contributed by atoms with van der Waals surface area (Å²) in [5.74, 6) is -1.99. The molecular formula is C23H25F2N3O3S2. The SMILES string of the molecule is CCC1CCCCN1S(=O)(=O)c1ccc(C(=O)N=c2sc3cc(F)cc(F)c3n2CC)cc1. The van der Waals surface area contributed by atoms with E-state index in [0.717, 1.165) is 43.1 Å². The van der Waals surface area contributed by atoms with Crippen LogP contribution in [0.15, 0.2) is 46.3 Å². The molecule has 2 aromatic carbocycles. The quantitative estimate of drug-likeness (QED) is 0.518. The molecule has 1 aliphatic rings. The summed E-state index contributed by atoms with van der Waals surface area (Å²) in [6.07, 6.45) is 3.46. The average Bonchev–Trinajstić information content (AvgIpc) is 3.16. The molecular weight excluding hydrogens is 468 g/mol. The molecule has 1 amide bonds. The third-order valence-corrected chi connectivity index (χ3v) is 8.95. The molecule has 1 fully saturated rings. The number of thiazole rings is 1. The molecule has 0 spiro atoms. The van der Waals surface area contributed by atoms with E-state index in [-0.39, 0.29) is 26.8 Å². The van der Waals surface area contributed by atoms with E-state index in [1.807, 2.05) is 6.92 Å². The molecule has 176 valence electrons. The van der Waals surface area contributed by atoms with Crippen LogP contribution in [-0.2, 0) is 16.6 Å². The minimum Gasteiger partial charge on any atom is -0.314 e. The van der Waals surface area contributed by atoms with Gasteiger partial charge in [-0.2, -0.15) is 9.30 Å². The Hall–Kier alpha value is -2.43. The Balaban J connectivity index is 1.66. The molecule has 10 heteroatoms. The lowest BCUT2D eigenvalue weighted by Gasteiger charge is -2.34. The van der Waals surface area contributed by atoms with Crippen molar-refractivity contribution in [3.63, 3.8) is 0 Å². The number of hydrogen-bond acceptors (Lipinski definition) is 4. The molecule has 33 heavy (non-hydrogen) atoms. The first-order valence-electron chi connectivity index (χ1n) is 11.0. The van der Waals surface area contributed by atoms with Crippen LogP contribution in [0.25, 0.3) is 10.2 Å². The molecule has 3 aromatic rings. The predicted molar refractivity (Wildman–Crippen MR) is 124 cm³/mol. The van der Waals surface area contributed by atoms with Gasteiger partial charge in [-0.05, 0) is 56.5 Å². The largest absolute Gasteiger partial charge is 0.314 e. The number of nitrogens with zero attached hydrogens (tertiary/aromatic N) is 3. The third kappa shape index (κ3) is 4.51. The zero-order chi connectivity index (χ0) is 23.8.